The molecule has 3 aliphatic carbocycles. The maximum absolute atomic E-state index is 12.0. The van der Waals surface area contributed by atoms with Gasteiger partial charge in [-0.15, -0.1) is 0 Å². The highest BCUT2D eigenvalue weighted by Crippen LogP contribution is 2.51. The van der Waals surface area contributed by atoms with E-state index in [0.717, 1.165) is 36.8 Å². The number of allylic oxidation sites excluding steroid dienone is 4. The number of fused-ring (bicyclic) bond motifs is 5. The average molecular weight is 319 g/mol. The Hall–Kier alpha value is -2.29. The molecule has 1 saturated heterocycles. The van der Waals surface area contributed by atoms with E-state index in [1.54, 1.807) is 0 Å². The normalized spacial score (nSPS) is 32.8. The zero-order valence-electron chi connectivity index (χ0n) is 13.5. The maximum atomic E-state index is 12.0. The molecule has 1 heterocycles. The number of nitrogens with zero attached hydrogens (tertiary/aromatic N) is 1. The highest BCUT2D eigenvalue weighted by atomic mass is 16.5. The highest BCUT2D eigenvalue weighted by Gasteiger charge is 2.49. The lowest BCUT2D eigenvalue weighted by Gasteiger charge is -2.21. The van der Waals surface area contributed by atoms with E-state index in [2.05, 4.69) is 29.2 Å². The van der Waals surface area contributed by atoms with E-state index in [-0.39, 0.29) is 11.9 Å². The summed E-state index contributed by atoms with van der Waals surface area (Å²) in [6, 6.07) is 7.99. The molecule has 1 aromatic carbocycles. The van der Waals surface area contributed by atoms with Crippen LogP contribution in [-0.2, 0) is 4.79 Å². The Bertz CT molecular complexity index is 714. The second-order valence-electron chi connectivity index (χ2n) is 7.39. The van der Waals surface area contributed by atoms with Gasteiger partial charge in [-0.3, -0.25) is 4.79 Å². The highest BCUT2D eigenvalue weighted by molar-refractivity contribution is 5.80. The molecule has 3 nitrogen and oxygen atoms in total. The van der Waals surface area contributed by atoms with Crippen LogP contribution < -0.4 is 9.64 Å². The van der Waals surface area contributed by atoms with Gasteiger partial charge in [0.05, 0.1) is 5.92 Å². The Morgan fingerprint density at radius 2 is 1.54 bits per heavy atom. The fourth-order valence-corrected chi connectivity index (χ4v) is 4.86. The zero-order chi connectivity index (χ0) is 16.1. The first-order valence-corrected chi connectivity index (χ1v) is 8.88. The van der Waals surface area contributed by atoms with Crippen LogP contribution in [0.4, 0.5) is 5.69 Å². The molecule has 4 unspecified atom stereocenters. The molecule has 2 fully saturated rings. The smallest absolute Gasteiger partial charge is 0.322 e. The molecule has 0 spiro atoms. The van der Waals surface area contributed by atoms with Gasteiger partial charge in [-0.2, -0.15) is 0 Å². The maximum Gasteiger partial charge on any atom is 0.322 e. The van der Waals surface area contributed by atoms with Crippen molar-refractivity contribution in [2.24, 2.45) is 29.6 Å². The molecule has 0 amide bonds. The van der Waals surface area contributed by atoms with Crippen molar-refractivity contribution < 1.29 is 9.53 Å². The van der Waals surface area contributed by atoms with E-state index in [0.29, 0.717) is 5.75 Å². The molecule has 0 N–H and O–H groups in total. The van der Waals surface area contributed by atoms with Gasteiger partial charge >= 0.3 is 5.97 Å². The largest absolute Gasteiger partial charge is 0.426 e. The van der Waals surface area contributed by atoms with Crippen molar-refractivity contribution in [1.29, 1.82) is 0 Å². The average Bonchev–Trinajstić information content (AvgIpc) is 3.36. The van der Waals surface area contributed by atoms with E-state index in [1.165, 1.54) is 12.1 Å². The van der Waals surface area contributed by atoms with Gasteiger partial charge in [0.2, 0.25) is 0 Å². The number of benzene rings is 1. The lowest BCUT2D eigenvalue weighted by Crippen LogP contribution is -2.22. The number of carbonyl (C=O) groups is 1. The number of hydrogen-bond acceptors (Lipinski definition) is 3. The molecule has 0 aromatic heterocycles. The second-order valence-corrected chi connectivity index (χ2v) is 7.39. The van der Waals surface area contributed by atoms with Crippen molar-refractivity contribution in [1.82, 2.24) is 0 Å². The molecule has 0 radical (unpaired) electrons. The molecule has 5 rings (SSSR count). The standard InChI is InChI=1S/C21H21NO2/c23-21(14-3-1-2-4-14)24-18-9-7-17(8-10-18)22-12-19-15-5-6-16(11-15)20(19)13-22/h1-10,14-16,19-20H,11-13H2. The molecule has 122 valence electrons. The minimum Gasteiger partial charge on any atom is -0.426 e. The van der Waals surface area contributed by atoms with Crippen molar-refractivity contribution in [3.8, 4) is 5.75 Å². The fourth-order valence-electron chi connectivity index (χ4n) is 4.86. The lowest BCUT2D eigenvalue weighted by atomic mass is 9.86. The summed E-state index contributed by atoms with van der Waals surface area (Å²) in [4.78, 5) is 14.5. The lowest BCUT2D eigenvalue weighted by molar-refractivity contribution is -0.135. The van der Waals surface area contributed by atoms with Gasteiger partial charge in [0, 0.05) is 18.8 Å². The Morgan fingerprint density at radius 1 is 0.917 bits per heavy atom. The number of esters is 1. The molecular weight excluding hydrogens is 298 g/mol. The Labute approximate surface area is 142 Å². The van der Waals surface area contributed by atoms with E-state index in [9.17, 15) is 4.79 Å². The van der Waals surface area contributed by atoms with Gasteiger partial charge in [0.25, 0.3) is 0 Å². The van der Waals surface area contributed by atoms with Crippen molar-refractivity contribution in [2.75, 3.05) is 18.0 Å². The minimum atomic E-state index is -0.245. The Kier molecular flexibility index (Phi) is 3.15. The van der Waals surface area contributed by atoms with Gasteiger partial charge in [0.15, 0.2) is 0 Å². The number of rotatable bonds is 3. The topological polar surface area (TPSA) is 29.5 Å². The summed E-state index contributed by atoms with van der Waals surface area (Å²) in [7, 11) is 0. The SMILES string of the molecule is O=C(Oc1ccc(N2CC3C4C=CC(C4)C3C2)cc1)C1C=CC=C1. The van der Waals surface area contributed by atoms with Crippen molar-refractivity contribution >= 4 is 11.7 Å². The van der Waals surface area contributed by atoms with E-state index in [1.807, 2.05) is 36.4 Å². The third kappa shape index (κ3) is 2.22. The van der Waals surface area contributed by atoms with Crippen LogP contribution >= 0.6 is 0 Å². The van der Waals surface area contributed by atoms with Crippen LogP contribution in [0.3, 0.4) is 0 Å². The van der Waals surface area contributed by atoms with Gasteiger partial charge in [-0.1, -0.05) is 36.5 Å². The number of hydrogen-bond donors (Lipinski definition) is 0. The minimum absolute atomic E-state index is 0.217. The third-order valence-corrected chi connectivity index (χ3v) is 6.10. The van der Waals surface area contributed by atoms with Crippen LogP contribution in [0.15, 0.2) is 60.7 Å². The van der Waals surface area contributed by atoms with E-state index < -0.39 is 0 Å². The van der Waals surface area contributed by atoms with Crippen molar-refractivity contribution in [2.45, 2.75) is 6.42 Å². The molecule has 4 atom stereocenters. The molecule has 24 heavy (non-hydrogen) atoms. The first kappa shape index (κ1) is 14.1. The molecule has 4 aliphatic rings. The number of ether oxygens (including phenoxy) is 1. The van der Waals surface area contributed by atoms with E-state index in [4.69, 9.17) is 4.74 Å². The predicted molar refractivity (Wildman–Crippen MR) is 93.8 cm³/mol. The van der Waals surface area contributed by atoms with Gasteiger partial charge in [-0.05, 0) is 54.4 Å². The molecule has 3 heteroatoms. The summed E-state index contributed by atoms with van der Waals surface area (Å²) in [5.41, 5.74) is 1.24. The zero-order valence-corrected chi connectivity index (χ0v) is 13.5. The summed E-state index contributed by atoms with van der Waals surface area (Å²) in [5, 5.41) is 0. The Balaban J connectivity index is 1.25. The molecule has 1 aromatic rings. The van der Waals surface area contributed by atoms with Crippen LogP contribution in [0.2, 0.25) is 0 Å². The monoisotopic (exact) mass is 319 g/mol. The second kappa shape index (κ2) is 5.37. The quantitative estimate of drug-likeness (QED) is 0.484. The molecule has 1 saturated carbocycles. The van der Waals surface area contributed by atoms with Gasteiger partial charge < -0.3 is 9.64 Å². The summed E-state index contributed by atoms with van der Waals surface area (Å²) >= 11 is 0. The predicted octanol–water partition coefficient (Wildman–Crippen LogP) is 3.59. The van der Waals surface area contributed by atoms with Crippen LogP contribution in [0.1, 0.15) is 6.42 Å². The number of carbonyl (C=O) groups excluding carboxylic acids is 1. The first-order valence-electron chi connectivity index (χ1n) is 8.88. The van der Waals surface area contributed by atoms with Crippen molar-refractivity contribution in [3.63, 3.8) is 0 Å². The Morgan fingerprint density at radius 3 is 2.17 bits per heavy atom. The molecule has 1 aliphatic heterocycles. The summed E-state index contributed by atoms with van der Waals surface area (Å²) in [6.07, 6.45) is 13.7. The van der Waals surface area contributed by atoms with Crippen LogP contribution in [0.25, 0.3) is 0 Å². The van der Waals surface area contributed by atoms with E-state index >= 15 is 0 Å². The van der Waals surface area contributed by atoms with Gasteiger partial charge in [0.1, 0.15) is 5.75 Å². The summed E-state index contributed by atoms with van der Waals surface area (Å²) in [6.45, 7) is 2.32. The molecule has 2 bridgehead atoms. The fraction of sp³-hybridized carbons (Fsp3) is 0.381. The number of anilines is 1. The molecular formula is C21H21NO2. The van der Waals surface area contributed by atoms with Crippen LogP contribution in [-0.4, -0.2) is 19.1 Å². The van der Waals surface area contributed by atoms with Crippen molar-refractivity contribution in [3.05, 3.63) is 60.7 Å². The summed E-state index contributed by atoms with van der Waals surface area (Å²) in [5.74, 6) is 3.43. The van der Waals surface area contributed by atoms with Crippen LogP contribution in [0, 0.1) is 29.6 Å². The van der Waals surface area contributed by atoms with Crippen LogP contribution in [0.5, 0.6) is 5.75 Å². The first-order chi connectivity index (χ1) is 11.8. The third-order valence-electron chi connectivity index (χ3n) is 6.10. The summed E-state index contributed by atoms with van der Waals surface area (Å²) < 4.78 is 5.46. The van der Waals surface area contributed by atoms with Gasteiger partial charge in [-0.25, -0.2) is 0 Å².